The molecule has 0 aliphatic carbocycles. The number of hydrogen-bond acceptors (Lipinski definition) is 2. The number of amides is 1. The molecule has 1 heterocycles. The van der Waals surface area contributed by atoms with Crippen LogP contribution in [-0.4, -0.2) is 19.0 Å². The van der Waals surface area contributed by atoms with E-state index in [0.717, 1.165) is 49.2 Å². The maximum atomic E-state index is 12.8. The first-order chi connectivity index (χ1) is 9.48. The topological polar surface area (TPSA) is 41.1 Å². The van der Waals surface area contributed by atoms with E-state index in [1.165, 1.54) is 5.56 Å². The molecule has 1 aromatic carbocycles. The van der Waals surface area contributed by atoms with Crippen LogP contribution >= 0.6 is 0 Å². The molecule has 0 spiro atoms. The summed E-state index contributed by atoms with van der Waals surface area (Å²) in [5.74, 6) is 0.180. The summed E-state index contributed by atoms with van der Waals surface area (Å²) in [4.78, 5) is 12.8. The Bertz CT molecular complexity index is 479. The van der Waals surface area contributed by atoms with Crippen LogP contribution in [-0.2, 0) is 4.79 Å². The summed E-state index contributed by atoms with van der Waals surface area (Å²) in [5, 5.41) is 6.54. The van der Waals surface area contributed by atoms with E-state index in [1.807, 2.05) is 0 Å². The summed E-state index contributed by atoms with van der Waals surface area (Å²) in [6.45, 7) is 10.1. The number of anilines is 1. The van der Waals surface area contributed by atoms with Crippen molar-refractivity contribution in [1.82, 2.24) is 5.32 Å². The van der Waals surface area contributed by atoms with E-state index >= 15 is 0 Å². The van der Waals surface area contributed by atoms with Gasteiger partial charge in [0.25, 0.3) is 0 Å². The average molecular weight is 274 g/mol. The minimum atomic E-state index is -0.224. The first-order valence-electron chi connectivity index (χ1n) is 7.58. The molecule has 2 N–H and O–H groups in total. The normalized spacial score (nSPS) is 22.0. The third-order valence-electron chi connectivity index (χ3n) is 4.37. The Labute approximate surface area is 122 Å². The molecule has 1 aliphatic rings. The predicted octanol–water partition coefficient (Wildman–Crippen LogP) is 3.33. The van der Waals surface area contributed by atoms with Crippen molar-refractivity contribution in [3.05, 3.63) is 28.8 Å². The SMILES string of the molecule is CCCC1(C(=O)Nc2c(C)cc(C)cc2C)CCNC1. The van der Waals surface area contributed by atoms with E-state index in [2.05, 4.69) is 50.5 Å². The van der Waals surface area contributed by atoms with Crippen molar-refractivity contribution in [1.29, 1.82) is 0 Å². The van der Waals surface area contributed by atoms with Gasteiger partial charge < -0.3 is 10.6 Å². The Morgan fingerprint density at radius 3 is 2.45 bits per heavy atom. The maximum Gasteiger partial charge on any atom is 0.231 e. The highest BCUT2D eigenvalue weighted by Gasteiger charge is 2.40. The van der Waals surface area contributed by atoms with Crippen molar-refractivity contribution in [2.24, 2.45) is 5.41 Å². The second-order valence-corrected chi connectivity index (χ2v) is 6.18. The molecule has 1 aliphatic heterocycles. The van der Waals surface area contributed by atoms with Crippen LogP contribution in [0.25, 0.3) is 0 Å². The molecule has 1 fully saturated rings. The highest BCUT2D eigenvalue weighted by atomic mass is 16.2. The van der Waals surface area contributed by atoms with E-state index in [4.69, 9.17) is 0 Å². The Hall–Kier alpha value is -1.35. The van der Waals surface area contributed by atoms with Gasteiger partial charge in [0, 0.05) is 12.2 Å². The summed E-state index contributed by atoms with van der Waals surface area (Å²) in [6.07, 6.45) is 2.94. The number of rotatable bonds is 4. The second kappa shape index (κ2) is 5.96. The van der Waals surface area contributed by atoms with Gasteiger partial charge in [-0.15, -0.1) is 0 Å². The summed E-state index contributed by atoms with van der Waals surface area (Å²) >= 11 is 0. The van der Waals surface area contributed by atoms with Crippen LogP contribution in [0.1, 0.15) is 42.9 Å². The molecule has 2 rings (SSSR count). The molecular weight excluding hydrogens is 248 g/mol. The molecule has 1 saturated heterocycles. The lowest BCUT2D eigenvalue weighted by Gasteiger charge is -2.27. The molecular formula is C17H26N2O. The number of hydrogen-bond donors (Lipinski definition) is 2. The van der Waals surface area contributed by atoms with Crippen molar-refractivity contribution in [3.63, 3.8) is 0 Å². The molecule has 0 saturated carbocycles. The smallest absolute Gasteiger partial charge is 0.231 e. The highest BCUT2D eigenvalue weighted by molar-refractivity contribution is 5.97. The lowest BCUT2D eigenvalue weighted by Crippen LogP contribution is -2.38. The van der Waals surface area contributed by atoms with Gasteiger partial charge in [0.2, 0.25) is 5.91 Å². The fourth-order valence-corrected chi connectivity index (χ4v) is 3.37. The lowest BCUT2D eigenvalue weighted by atomic mass is 9.81. The molecule has 20 heavy (non-hydrogen) atoms. The molecule has 0 aromatic heterocycles. The van der Waals surface area contributed by atoms with Crippen LogP contribution in [0.5, 0.6) is 0 Å². The molecule has 0 bridgehead atoms. The molecule has 3 heteroatoms. The summed E-state index contributed by atoms with van der Waals surface area (Å²) in [5.41, 5.74) is 4.30. The van der Waals surface area contributed by atoms with Crippen LogP contribution in [0, 0.1) is 26.2 Å². The number of nitrogens with one attached hydrogen (secondary N) is 2. The Morgan fingerprint density at radius 1 is 1.30 bits per heavy atom. The van der Waals surface area contributed by atoms with Crippen LogP contribution in [0.2, 0.25) is 0 Å². The van der Waals surface area contributed by atoms with Gasteiger partial charge in [-0.2, -0.15) is 0 Å². The molecule has 1 amide bonds. The van der Waals surface area contributed by atoms with Gasteiger partial charge in [0.05, 0.1) is 5.41 Å². The third-order valence-corrected chi connectivity index (χ3v) is 4.37. The molecule has 1 unspecified atom stereocenters. The van der Waals surface area contributed by atoms with Crippen molar-refractivity contribution in [2.75, 3.05) is 18.4 Å². The zero-order valence-corrected chi connectivity index (χ0v) is 13.1. The fraction of sp³-hybridized carbons (Fsp3) is 0.588. The van der Waals surface area contributed by atoms with Gasteiger partial charge in [-0.1, -0.05) is 31.0 Å². The second-order valence-electron chi connectivity index (χ2n) is 6.18. The van der Waals surface area contributed by atoms with Crippen molar-refractivity contribution >= 4 is 11.6 Å². The monoisotopic (exact) mass is 274 g/mol. The largest absolute Gasteiger partial charge is 0.325 e. The minimum absolute atomic E-state index is 0.180. The molecule has 1 atom stereocenters. The molecule has 0 radical (unpaired) electrons. The summed E-state index contributed by atoms with van der Waals surface area (Å²) < 4.78 is 0. The average Bonchev–Trinajstić information content (AvgIpc) is 2.83. The number of benzene rings is 1. The van der Waals surface area contributed by atoms with Gasteiger partial charge >= 0.3 is 0 Å². The van der Waals surface area contributed by atoms with Gasteiger partial charge in [-0.05, 0) is 51.3 Å². The van der Waals surface area contributed by atoms with E-state index in [9.17, 15) is 4.79 Å². The highest BCUT2D eigenvalue weighted by Crippen LogP contribution is 2.33. The summed E-state index contributed by atoms with van der Waals surface area (Å²) in [6, 6.07) is 4.25. The van der Waals surface area contributed by atoms with Crippen molar-refractivity contribution in [2.45, 2.75) is 47.0 Å². The molecule has 110 valence electrons. The van der Waals surface area contributed by atoms with Gasteiger partial charge in [0.1, 0.15) is 0 Å². The van der Waals surface area contributed by atoms with Gasteiger partial charge in [0.15, 0.2) is 0 Å². The predicted molar refractivity (Wildman–Crippen MR) is 84.1 cm³/mol. The minimum Gasteiger partial charge on any atom is -0.325 e. The molecule has 3 nitrogen and oxygen atoms in total. The van der Waals surface area contributed by atoms with E-state index < -0.39 is 0 Å². The summed E-state index contributed by atoms with van der Waals surface area (Å²) in [7, 11) is 0. The van der Waals surface area contributed by atoms with Crippen LogP contribution in [0.3, 0.4) is 0 Å². The zero-order valence-electron chi connectivity index (χ0n) is 13.1. The number of aryl methyl sites for hydroxylation is 3. The first kappa shape index (κ1) is 15.0. The Balaban J connectivity index is 2.23. The van der Waals surface area contributed by atoms with Crippen LogP contribution < -0.4 is 10.6 Å². The van der Waals surface area contributed by atoms with E-state index in [-0.39, 0.29) is 11.3 Å². The van der Waals surface area contributed by atoms with Crippen molar-refractivity contribution in [3.8, 4) is 0 Å². The van der Waals surface area contributed by atoms with Crippen LogP contribution in [0.15, 0.2) is 12.1 Å². The van der Waals surface area contributed by atoms with Crippen molar-refractivity contribution < 1.29 is 4.79 Å². The zero-order chi connectivity index (χ0) is 14.8. The van der Waals surface area contributed by atoms with Gasteiger partial charge in [-0.3, -0.25) is 4.79 Å². The Kier molecular flexibility index (Phi) is 4.48. The quantitative estimate of drug-likeness (QED) is 0.884. The van der Waals surface area contributed by atoms with Crippen LogP contribution in [0.4, 0.5) is 5.69 Å². The third kappa shape index (κ3) is 2.88. The lowest BCUT2D eigenvalue weighted by molar-refractivity contribution is -0.125. The molecule has 1 aromatic rings. The number of carbonyl (C=O) groups is 1. The van der Waals surface area contributed by atoms with Gasteiger partial charge in [-0.25, -0.2) is 0 Å². The number of carbonyl (C=O) groups excluding carboxylic acids is 1. The van der Waals surface area contributed by atoms with E-state index in [0.29, 0.717) is 0 Å². The van der Waals surface area contributed by atoms with E-state index in [1.54, 1.807) is 0 Å². The first-order valence-corrected chi connectivity index (χ1v) is 7.58. The maximum absolute atomic E-state index is 12.8. The Morgan fingerprint density at radius 2 is 1.95 bits per heavy atom. The standard InChI is InChI=1S/C17H26N2O/c1-5-6-17(7-8-18-11-17)16(20)19-15-13(3)9-12(2)10-14(15)4/h9-10,18H,5-8,11H2,1-4H3,(H,19,20). The fourth-order valence-electron chi connectivity index (χ4n) is 3.37.